The lowest BCUT2D eigenvalue weighted by molar-refractivity contribution is 0.476. The van der Waals surface area contributed by atoms with Gasteiger partial charge >= 0.3 is 0 Å². The molecule has 0 fully saturated rings. The summed E-state index contributed by atoms with van der Waals surface area (Å²) in [6, 6.07) is 14.5. The average Bonchev–Trinajstić information content (AvgIpc) is 3.08. The van der Waals surface area contributed by atoms with Crippen molar-refractivity contribution >= 4 is 10.9 Å². The van der Waals surface area contributed by atoms with Crippen LogP contribution in [-0.4, -0.2) is 10.1 Å². The van der Waals surface area contributed by atoms with Crippen molar-refractivity contribution in [2.75, 3.05) is 0 Å². The molecule has 3 aromatic rings. The van der Waals surface area contributed by atoms with E-state index < -0.39 is 0 Å². The highest BCUT2D eigenvalue weighted by atomic mass is 16.3. The third-order valence-electron chi connectivity index (χ3n) is 5.27. The van der Waals surface area contributed by atoms with Gasteiger partial charge in [0.1, 0.15) is 5.75 Å². The molecule has 0 aliphatic rings. The van der Waals surface area contributed by atoms with Crippen LogP contribution in [0.15, 0.2) is 42.5 Å². The summed E-state index contributed by atoms with van der Waals surface area (Å²) in [6.45, 7) is 4.48. The second-order valence-corrected chi connectivity index (χ2v) is 7.28. The Kier molecular flexibility index (Phi) is 6.38. The molecule has 138 valence electrons. The Hall–Kier alpha value is -2.22. The van der Waals surface area contributed by atoms with Gasteiger partial charge in [0.2, 0.25) is 0 Å². The standard InChI is InChI=1S/C24H31NO/c1-3-5-7-8-13-20-18(11-6-4-2)15-16-23(26)24(20)22-17-19-12-9-10-14-21(19)25-22/h9-10,12,14-17,25-26H,3-8,11,13H2,1-2H3. The molecule has 0 radical (unpaired) electrons. The molecule has 26 heavy (non-hydrogen) atoms. The summed E-state index contributed by atoms with van der Waals surface area (Å²) < 4.78 is 0. The smallest absolute Gasteiger partial charge is 0.125 e. The van der Waals surface area contributed by atoms with Gasteiger partial charge in [-0.3, -0.25) is 0 Å². The quantitative estimate of drug-likeness (QED) is 0.401. The van der Waals surface area contributed by atoms with Crippen molar-refractivity contribution in [3.8, 4) is 17.0 Å². The number of phenolic OH excluding ortho intramolecular Hbond substituents is 1. The average molecular weight is 350 g/mol. The summed E-state index contributed by atoms with van der Waals surface area (Å²) in [6.07, 6.45) is 9.49. The van der Waals surface area contributed by atoms with Crippen molar-refractivity contribution in [3.63, 3.8) is 0 Å². The largest absolute Gasteiger partial charge is 0.507 e. The maximum atomic E-state index is 10.7. The third kappa shape index (κ3) is 4.12. The van der Waals surface area contributed by atoms with Crippen LogP contribution in [0.3, 0.4) is 0 Å². The minimum atomic E-state index is 0.391. The van der Waals surface area contributed by atoms with Gasteiger partial charge in [-0.15, -0.1) is 0 Å². The fourth-order valence-electron chi connectivity index (χ4n) is 3.80. The monoisotopic (exact) mass is 349 g/mol. The van der Waals surface area contributed by atoms with E-state index in [9.17, 15) is 5.11 Å². The van der Waals surface area contributed by atoms with Crippen LogP contribution in [0.1, 0.15) is 63.5 Å². The van der Waals surface area contributed by atoms with Crippen LogP contribution in [0.25, 0.3) is 22.2 Å². The van der Waals surface area contributed by atoms with Crippen molar-refractivity contribution in [1.29, 1.82) is 0 Å². The SMILES string of the molecule is CCCCCCc1c(CCCC)ccc(O)c1-c1cc2ccccc2[nH]1. The number of aromatic amines is 1. The summed E-state index contributed by atoms with van der Waals surface area (Å²) in [7, 11) is 0. The molecule has 0 aliphatic carbocycles. The van der Waals surface area contributed by atoms with E-state index in [0.717, 1.165) is 29.6 Å². The van der Waals surface area contributed by atoms with E-state index in [0.29, 0.717) is 5.75 Å². The summed E-state index contributed by atoms with van der Waals surface area (Å²) in [5.41, 5.74) is 5.90. The number of rotatable bonds is 9. The van der Waals surface area contributed by atoms with Crippen LogP contribution >= 0.6 is 0 Å². The molecule has 0 aliphatic heterocycles. The van der Waals surface area contributed by atoms with Crippen molar-refractivity contribution in [2.45, 2.75) is 65.2 Å². The number of H-pyrrole nitrogens is 1. The van der Waals surface area contributed by atoms with E-state index >= 15 is 0 Å². The number of unbranched alkanes of at least 4 members (excludes halogenated alkanes) is 4. The second-order valence-electron chi connectivity index (χ2n) is 7.28. The lowest BCUT2D eigenvalue weighted by Gasteiger charge is -2.16. The fraction of sp³-hybridized carbons (Fsp3) is 0.417. The topological polar surface area (TPSA) is 36.0 Å². The Bertz CT molecular complexity index is 814. The van der Waals surface area contributed by atoms with Crippen LogP contribution in [-0.2, 0) is 12.8 Å². The Morgan fingerprint density at radius 2 is 1.65 bits per heavy atom. The second kappa shape index (κ2) is 8.93. The van der Waals surface area contributed by atoms with E-state index in [4.69, 9.17) is 0 Å². The van der Waals surface area contributed by atoms with E-state index in [1.165, 1.54) is 55.0 Å². The lowest BCUT2D eigenvalue weighted by Crippen LogP contribution is -1.99. The maximum absolute atomic E-state index is 10.7. The van der Waals surface area contributed by atoms with Gasteiger partial charge in [0, 0.05) is 16.5 Å². The number of benzene rings is 2. The van der Waals surface area contributed by atoms with E-state index in [-0.39, 0.29) is 0 Å². The zero-order valence-corrected chi connectivity index (χ0v) is 16.1. The summed E-state index contributed by atoms with van der Waals surface area (Å²) in [5, 5.41) is 11.9. The van der Waals surface area contributed by atoms with Crippen LogP contribution in [0.4, 0.5) is 0 Å². The molecule has 3 rings (SSSR count). The van der Waals surface area contributed by atoms with Gasteiger partial charge in [0.25, 0.3) is 0 Å². The Morgan fingerprint density at radius 1 is 0.846 bits per heavy atom. The fourth-order valence-corrected chi connectivity index (χ4v) is 3.80. The Balaban J connectivity index is 2.02. The number of phenols is 1. The van der Waals surface area contributed by atoms with Gasteiger partial charge in [-0.1, -0.05) is 63.8 Å². The molecule has 0 saturated carbocycles. The van der Waals surface area contributed by atoms with Crippen molar-refractivity contribution < 1.29 is 5.11 Å². The molecule has 2 heteroatoms. The minimum Gasteiger partial charge on any atom is -0.507 e. The zero-order chi connectivity index (χ0) is 18.4. The molecular weight excluding hydrogens is 318 g/mol. The zero-order valence-electron chi connectivity index (χ0n) is 16.1. The Labute approximate surface area is 157 Å². The van der Waals surface area contributed by atoms with Gasteiger partial charge in [0.05, 0.1) is 5.69 Å². The first kappa shape index (κ1) is 18.6. The molecule has 0 unspecified atom stereocenters. The van der Waals surface area contributed by atoms with Crippen LogP contribution < -0.4 is 0 Å². The first-order chi connectivity index (χ1) is 12.7. The normalized spacial score (nSPS) is 11.3. The van der Waals surface area contributed by atoms with Gasteiger partial charge in [-0.2, -0.15) is 0 Å². The molecule has 2 N–H and O–H groups in total. The van der Waals surface area contributed by atoms with Crippen LogP contribution in [0.5, 0.6) is 5.75 Å². The number of para-hydroxylation sites is 1. The first-order valence-corrected chi connectivity index (χ1v) is 10.2. The van der Waals surface area contributed by atoms with Gasteiger partial charge in [-0.25, -0.2) is 0 Å². The van der Waals surface area contributed by atoms with E-state index in [1.54, 1.807) is 0 Å². The van der Waals surface area contributed by atoms with E-state index in [1.807, 2.05) is 12.1 Å². The predicted octanol–water partition coefficient (Wildman–Crippen LogP) is 7.01. The molecule has 0 bridgehead atoms. The number of hydrogen-bond acceptors (Lipinski definition) is 1. The molecule has 0 amide bonds. The van der Waals surface area contributed by atoms with E-state index in [2.05, 4.69) is 49.2 Å². The third-order valence-corrected chi connectivity index (χ3v) is 5.27. The highest BCUT2D eigenvalue weighted by Gasteiger charge is 2.16. The number of aromatic hydroxyl groups is 1. The molecule has 0 saturated heterocycles. The molecule has 0 spiro atoms. The molecule has 0 atom stereocenters. The summed E-state index contributed by atoms with van der Waals surface area (Å²) in [4.78, 5) is 3.52. The van der Waals surface area contributed by atoms with Crippen LogP contribution in [0, 0.1) is 0 Å². The highest BCUT2D eigenvalue weighted by molar-refractivity contribution is 5.88. The van der Waals surface area contributed by atoms with Gasteiger partial charge < -0.3 is 10.1 Å². The van der Waals surface area contributed by atoms with Crippen molar-refractivity contribution in [1.82, 2.24) is 4.98 Å². The molecule has 1 aromatic heterocycles. The van der Waals surface area contributed by atoms with Crippen LogP contribution in [0.2, 0.25) is 0 Å². The highest BCUT2D eigenvalue weighted by Crippen LogP contribution is 2.37. The number of nitrogens with one attached hydrogen (secondary N) is 1. The number of hydrogen-bond donors (Lipinski definition) is 2. The van der Waals surface area contributed by atoms with Crippen molar-refractivity contribution in [2.24, 2.45) is 0 Å². The molecule has 2 aromatic carbocycles. The molecular formula is C24H31NO. The molecule has 2 nitrogen and oxygen atoms in total. The first-order valence-electron chi connectivity index (χ1n) is 10.2. The number of aryl methyl sites for hydroxylation is 1. The minimum absolute atomic E-state index is 0.391. The van der Waals surface area contributed by atoms with Crippen molar-refractivity contribution in [3.05, 3.63) is 53.6 Å². The number of aromatic nitrogens is 1. The number of fused-ring (bicyclic) bond motifs is 1. The predicted molar refractivity (Wildman–Crippen MR) is 112 cm³/mol. The Morgan fingerprint density at radius 3 is 2.42 bits per heavy atom. The maximum Gasteiger partial charge on any atom is 0.125 e. The lowest BCUT2D eigenvalue weighted by atomic mass is 9.91. The molecule has 1 heterocycles. The van der Waals surface area contributed by atoms with Gasteiger partial charge in [0.15, 0.2) is 0 Å². The summed E-state index contributed by atoms with van der Waals surface area (Å²) in [5.74, 6) is 0.391. The summed E-state index contributed by atoms with van der Waals surface area (Å²) >= 11 is 0. The van der Waals surface area contributed by atoms with Gasteiger partial charge in [-0.05, 0) is 55.0 Å².